The molecule has 0 aliphatic carbocycles. The number of aliphatic hydroxyl groups excluding tert-OH is 1. The second-order valence-corrected chi connectivity index (χ2v) is 7.53. The molecule has 2 aromatic heterocycles. The first-order valence-corrected chi connectivity index (χ1v) is 10.0. The molecule has 28 heavy (non-hydrogen) atoms. The summed E-state index contributed by atoms with van der Waals surface area (Å²) in [6.45, 7) is 8.68. The van der Waals surface area contributed by atoms with Crippen LogP contribution in [0.15, 0.2) is 60.5 Å². The molecule has 2 heterocycles. The smallest absolute Gasteiger partial charge is 0.191 e. The van der Waals surface area contributed by atoms with Crippen LogP contribution in [0, 0.1) is 13.8 Å². The zero-order valence-electron chi connectivity index (χ0n) is 16.1. The number of rotatable bonds is 9. The van der Waals surface area contributed by atoms with Gasteiger partial charge in [0.05, 0.1) is 6.10 Å². The first-order chi connectivity index (χ1) is 13.6. The van der Waals surface area contributed by atoms with E-state index in [-0.39, 0.29) is 6.61 Å². The molecule has 0 aliphatic heterocycles. The van der Waals surface area contributed by atoms with E-state index in [1.54, 1.807) is 18.5 Å². The minimum absolute atomic E-state index is 0.225. The number of benzene rings is 1. The number of aliphatic hydroxyl groups is 1. The second-order valence-electron chi connectivity index (χ2n) is 6.54. The molecule has 0 amide bonds. The molecule has 0 radical (unpaired) electrons. The maximum Gasteiger partial charge on any atom is 0.191 e. The fourth-order valence-corrected chi connectivity index (χ4v) is 3.68. The summed E-state index contributed by atoms with van der Waals surface area (Å²) in [4.78, 5) is 4.04. The predicted molar refractivity (Wildman–Crippen MR) is 112 cm³/mol. The number of pyridine rings is 1. The summed E-state index contributed by atoms with van der Waals surface area (Å²) in [6, 6.07) is 9.81. The Bertz CT molecular complexity index is 907. The van der Waals surface area contributed by atoms with E-state index in [1.807, 2.05) is 42.7 Å². The molecule has 146 valence electrons. The Balaban J connectivity index is 1.62. The first-order valence-electron chi connectivity index (χ1n) is 9.03. The average Bonchev–Trinajstić information content (AvgIpc) is 3.08. The topological polar surface area (TPSA) is 73.1 Å². The summed E-state index contributed by atoms with van der Waals surface area (Å²) >= 11 is 1.45. The normalized spacial score (nSPS) is 12.0. The van der Waals surface area contributed by atoms with Gasteiger partial charge in [-0.1, -0.05) is 23.9 Å². The van der Waals surface area contributed by atoms with Gasteiger partial charge in [0.1, 0.15) is 12.4 Å². The molecule has 7 heteroatoms. The van der Waals surface area contributed by atoms with E-state index in [4.69, 9.17) is 4.74 Å². The van der Waals surface area contributed by atoms with E-state index in [1.165, 1.54) is 11.8 Å². The van der Waals surface area contributed by atoms with E-state index < -0.39 is 6.10 Å². The average molecular weight is 397 g/mol. The van der Waals surface area contributed by atoms with Crippen molar-refractivity contribution in [2.75, 3.05) is 12.4 Å². The molecule has 1 atom stereocenters. The van der Waals surface area contributed by atoms with Gasteiger partial charge in [0, 0.05) is 30.3 Å². The lowest BCUT2D eigenvalue weighted by Crippen LogP contribution is -2.20. The Kier molecular flexibility index (Phi) is 6.84. The summed E-state index contributed by atoms with van der Waals surface area (Å²) in [5.41, 5.74) is 3.22. The minimum atomic E-state index is -0.621. The molecule has 3 aromatic rings. The summed E-state index contributed by atoms with van der Waals surface area (Å²) in [7, 11) is 0. The third-order valence-electron chi connectivity index (χ3n) is 4.01. The summed E-state index contributed by atoms with van der Waals surface area (Å²) in [5, 5.41) is 19.6. The summed E-state index contributed by atoms with van der Waals surface area (Å²) in [5.74, 6) is 1.98. The highest BCUT2D eigenvalue weighted by atomic mass is 32.2. The number of hydrogen-bond donors (Lipinski definition) is 1. The zero-order valence-corrected chi connectivity index (χ0v) is 16.9. The monoisotopic (exact) mass is 396 g/mol. The molecule has 6 nitrogen and oxygen atoms in total. The van der Waals surface area contributed by atoms with Crippen LogP contribution in [0.3, 0.4) is 0 Å². The van der Waals surface area contributed by atoms with Crippen LogP contribution < -0.4 is 4.74 Å². The molecular formula is C21H24N4O2S. The van der Waals surface area contributed by atoms with Crippen LogP contribution in [0.2, 0.25) is 0 Å². The molecule has 1 N–H and O–H groups in total. The van der Waals surface area contributed by atoms with Gasteiger partial charge in [-0.05, 0) is 49.2 Å². The van der Waals surface area contributed by atoms with Crippen molar-refractivity contribution < 1.29 is 9.84 Å². The van der Waals surface area contributed by atoms with E-state index >= 15 is 0 Å². The van der Waals surface area contributed by atoms with Gasteiger partial charge in [-0.2, -0.15) is 0 Å². The third-order valence-corrected chi connectivity index (χ3v) is 5.12. The number of thioether (sulfide) groups is 1. The van der Waals surface area contributed by atoms with Crippen molar-refractivity contribution in [3.63, 3.8) is 0 Å². The number of aryl methyl sites for hydroxylation is 2. The Labute approximate surface area is 169 Å². The van der Waals surface area contributed by atoms with Crippen LogP contribution >= 0.6 is 11.8 Å². The number of nitrogens with zero attached hydrogens (tertiary/aromatic N) is 4. The van der Waals surface area contributed by atoms with Gasteiger partial charge in [-0.25, -0.2) is 0 Å². The van der Waals surface area contributed by atoms with Gasteiger partial charge in [-0.15, -0.1) is 16.8 Å². The van der Waals surface area contributed by atoms with Crippen molar-refractivity contribution in [3.05, 3.63) is 66.5 Å². The lowest BCUT2D eigenvalue weighted by molar-refractivity contribution is 0.126. The largest absolute Gasteiger partial charge is 0.491 e. The quantitative estimate of drug-likeness (QED) is 0.439. The van der Waals surface area contributed by atoms with Crippen molar-refractivity contribution in [1.29, 1.82) is 0 Å². The SMILES string of the molecule is C=CCn1c(SC[C@H](O)COc2cc(C)cc(C)c2)nnc1-c1ccncc1. The van der Waals surface area contributed by atoms with Crippen LogP contribution in [0.1, 0.15) is 11.1 Å². The Hall–Kier alpha value is -2.64. The Morgan fingerprint density at radius 2 is 1.89 bits per heavy atom. The predicted octanol–water partition coefficient (Wildman–Crippen LogP) is 3.67. The van der Waals surface area contributed by atoms with Crippen molar-refractivity contribution in [1.82, 2.24) is 19.7 Å². The number of ether oxygens (including phenoxy) is 1. The van der Waals surface area contributed by atoms with Crippen LogP contribution in [-0.4, -0.2) is 43.3 Å². The fourth-order valence-electron chi connectivity index (χ4n) is 2.83. The van der Waals surface area contributed by atoms with Gasteiger partial charge >= 0.3 is 0 Å². The lowest BCUT2D eigenvalue weighted by Gasteiger charge is -2.13. The lowest BCUT2D eigenvalue weighted by atomic mass is 10.1. The van der Waals surface area contributed by atoms with Crippen molar-refractivity contribution >= 4 is 11.8 Å². The highest BCUT2D eigenvalue weighted by Crippen LogP contribution is 2.24. The van der Waals surface area contributed by atoms with E-state index in [2.05, 4.69) is 27.8 Å². The van der Waals surface area contributed by atoms with Gasteiger partial charge in [0.25, 0.3) is 0 Å². The molecule has 0 fully saturated rings. The molecule has 0 saturated heterocycles. The summed E-state index contributed by atoms with van der Waals surface area (Å²) < 4.78 is 7.72. The highest BCUT2D eigenvalue weighted by molar-refractivity contribution is 7.99. The van der Waals surface area contributed by atoms with Gasteiger partial charge in [0.2, 0.25) is 0 Å². The molecule has 0 saturated carbocycles. The molecule has 0 aliphatic rings. The van der Waals surface area contributed by atoms with Crippen LogP contribution in [0.4, 0.5) is 0 Å². The Morgan fingerprint density at radius 3 is 2.57 bits per heavy atom. The van der Waals surface area contributed by atoms with Crippen molar-refractivity contribution in [2.24, 2.45) is 0 Å². The standard InChI is InChI=1S/C21H24N4O2S/c1-4-9-25-20(17-5-7-22-8-6-17)23-24-21(25)28-14-18(26)13-27-19-11-15(2)10-16(3)12-19/h4-8,10-12,18,26H,1,9,13-14H2,2-3H3/t18-/m1/s1. The maximum absolute atomic E-state index is 10.3. The number of hydrogen-bond acceptors (Lipinski definition) is 6. The van der Waals surface area contributed by atoms with E-state index in [0.29, 0.717) is 12.3 Å². The Morgan fingerprint density at radius 1 is 1.18 bits per heavy atom. The molecule has 0 unspecified atom stereocenters. The van der Waals surface area contributed by atoms with Gasteiger partial charge < -0.3 is 9.84 Å². The van der Waals surface area contributed by atoms with Crippen LogP contribution in [-0.2, 0) is 6.54 Å². The zero-order chi connectivity index (χ0) is 19.9. The molecule has 1 aromatic carbocycles. The third kappa shape index (κ3) is 5.21. The van der Waals surface area contributed by atoms with E-state index in [0.717, 1.165) is 33.4 Å². The second kappa shape index (κ2) is 9.52. The molecular weight excluding hydrogens is 372 g/mol. The fraction of sp³-hybridized carbons (Fsp3) is 0.286. The molecule has 3 rings (SSSR count). The van der Waals surface area contributed by atoms with Crippen molar-refractivity contribution in [2.45, 2.75) is 31.7 Å². The van der Waals surface area contributed by atoms with Gasteiger partial charge in [-0.3, -0.25) is 9.55 Å². The number of aromatic nitrogens is 4. The van der Waals surface area contributed by atoms with Gasteiger partial charge in [0.15, 0.2) is 11.0 Å². The highest BCUT2D eigenvalue weighted by Gasteiger charge is 2.15. The maximum atomic E-state index is 10.3. The number of allylic oxidation sites excluding steroid dienone is 1. The van der Waals surface area contributed by atoms with Crippen LogP contribution in [0.25, 0.3) is 11.4 Å². The first kappa shape index (κ1) is 20.1. The van der Waals surface area contributed by atoms with Crippen LogP contribution in [0.5, 0.6) is 5.75 Å². The molecule has 0 bridgehead atoms. The molecule has 0 spiro atoms. The summed E-state index contributed by atoms with van der Waals surface area (Å²) in [6.07, 6.45) is 4.63. The minimum Gasteiger partial charge on any atom is -0.491 e. The van der Waals surface area contributed by atoms with Crippen molar-refractivity contribution in [3.8, 4) is 17.1 Å². The van der Waals surface area contributed by atoms with E-state index in [9.17, 15) is 5.11 Å².